The van der Waals surface area contributed by atoms with E-state index in [1.54, 1.807) is 16.8 Å². The topological polar surface area (TPSA) is 72.9 Å². The van der Waals surface area contributed by atoms with Crippen LogP contribution in [0.3, 0.4) is 0 Å². The summed E-state index contributed by atoms with van der Waals surface area (Å²) in [5, 5.41) is 8.58. The Kier molecular flexibility index (Phi) is 3.97. The Morgan fingerprint density at radius 3 is 2.76 bits per heavy atom. The van der Waals surface area contributed by atoms with Crippen LogP contribution in [0.5, 0.6) is 0 Å². The maximum absolute atomic E-state index is 14.1. The summed E-state index contributed by atoms with van der Waals surface area (Å²) in [4.78, 5) is 11.5. The molecule has 4 rings (SSSR count). The number of nitrogens with two attached hydrogens (primary N) is 1. The molecule has 1 amide bonds. The molecular weight excluding hydrogens is 319 g/mol. The van der Waals surface area contributed by atoms with Gasteiger partial charge in [0.2, 0.25) is 0 Å². The minimum Gasteiger partial charge on any atom is -0.366 e. The van der Waals surface area contributed by atoms with Crippen LogP contribution in [0.25, 0.3) is 16.6 Å². The Bertz CT molecular complexity index is 919. The van der Waals surface area contributed by atoms with Gasteiger partial charge in [0.05, 0.1) is 11.3 Å². The molecule has 5 nitrogen and oxygen atoms in total. The summed E-state index contributed by atoms with van der Waals surface area (Å²) in [6, 6.07) is 13.1. The molecule has 2 atom stereocenters. The maximum Gasteiger partial charge on any atom is 0.250 e. The Hall–Kier alpha value is -2.73. The van der Waals surface area contributed by atoms with E-state index in [1.165, 1.54) is 0 Å². The van der Waals surface area contributed by atoms with E-state index in [-0.39, 0.29) is 5.92 Å². The van der Waals surface area contributed by atoms with Gasteiger partial charge in [0.15, 0.2) is 0 Å². The van der Waals surface area contributed by atoms with Crippen LogP contribution in [0.15, 0.2) is 48.7 Å². The van der Waals surface area contributed by atoms with Crippen LogP contribution in [0.2, 0.25) is 0 Å². The van der Waals surface area contributed by atoms with Crippen molar-refractivity contribution in [2.24, 2.45) is 5.73 Å². The molecule has 0 radical (unpaired) electrons. The van der Waals surface area contributed by atoms with Crippen LogP contribution in [0, 0.1) is 0 Å². The Morgan fingerprint density at radius 2 is 2.04 bits per heavy atom. The minimum atomic E-state index is -0.808. The van der Waals surface area contributed by atoms with Gasteiger partial charge in [-0.15, -0.1) is 0 Å². The fourth-order valence-electron chi connectivity index (χ4n) is 3.40. The molecule has 25 heavy (non-hydrogen) atoms. The number of piperidine rings is 1. The summed E-state index contributed by atoms with van der Waals surface area (Å²) in [5.74, 6) is -0.606. The Balaban J connectivity index is 1.67. The van der Waals surface area contributed by atoms with Gasteiger partial charge in [0.1, 0.15) is 11.7 Å². The highest BCUT2D eigenvalue weighted by Gasteiger charge is 2.25. The van der Waals surface area contributed by atoms with Crippen molar-refractivity contribution >= 4 is 16.8 Å². The highest BCUT2D eigenvalue weighted by atomic mass is 19.1. The number of nitrogens with one attached hydrogen (secondary N) is 1. The normalized spacial score (nSPS) is 20.7. The molecule has 128 valence electrons. The highest BCUT2D eigenvalue weighted by molar-refractivity contribution is 6.04. The Morgan fingerprint density at radius 1 is 1.24 bits per heavy atom. The average Bonchev–Trinajstić information content (AvgIpc) is 3.06. The van der Waals surface area contributed by atoms with Crippen LogP contribution >= 0.6 is 0 Å². The lowest BCUT2D eigenvalue weighted by Gasteiger charge is -2.27. The smallest absolute Gasteiger partial charge is 0.250 e. The number of hydrogen-bond acceptors (Lipinski definition) is 3. The van der Waals surface area contributed by atoms with Crippen LogP contribution in [-0.4, -0.2) is 34.9 Å². The zero-order valence-electron chi connectivity index (χ0n) is 13.7. The highest BCUT2D eigenvalue weighted by Crippen LogP contribution is 2.27. The monoisotopic (exact) mass is 338 g/mol. The molecule has 2 heterocycles. The number of carbonyl (C=O) groups is 1. The molecule has 2 aromatic carbocycles. The van der Waals surface area contributed by atoms with E-state index < -0.39 is 12.1 Å². The lowest BCUT2D eigenvalue weighted by atomic mass is 9.90. The third-order valence-electron chi connectivity index (χ3n) is 4.79. The molecular formula is C19H19FN4O. The molecule has 0 spiro atoms. The van der Waals surface area contributed by atoms with Gasteiger partial charge in [0, 0.05) is 24.0 Å². The fraction of sp³-hybridized carbons (Fsp3) is 0.263. The minimum absolute atomic E-state index is 0.110. The van der Waals surface area contributed by atoms with Gasteiger partial charge in [-0.25, -0.2) is 9.07 Å². The van der Waals surface area contributed by atoms with E-state index in [2.05, 4.69) is 10.4 Å². The molecule has 1 aliphatic heterocycles. The van der Waals surface area contributed by atoms with E-state index in [9.17, 15) is 9.18 Å². The van der Waals surface area contributed by atoms with Crippen LogP contribution in [0.4, 0.5) is 4.39 Å². The van der Waals surface area contributed by atoms with Crippen molar-refractivity contribution in [3.8, 4) is 5.69 Å². The third kappa shape index (κ3) is 2.89. The van der Waals surface area contributed by atoms with E-state index in [0.29, 0.717) is 24.0 Å². The third-order valence-corrected chi connectivity index (χ3v) is 4.79. The van der Waals surface area contributed by atoms with Crippen molar-refractivity contribution in [1.29, 1.82) is 0 Å². The summed E-state index contributed by atoms with van der Waals surface area (Å²) < 4.78 is 15.8. The predicted octanol–water partition coefficient (Wildman–Crippen LogP) is 2.54. The van der Waals surface area contributed by atoms with Crippen molar-refractivity contribution < 1.29 is 9.18 Å². The molecule has 0 bridgehead atoms. The molecule has 1 fully saturated rings. The largest absolute Gasteiger partial charge is 0.366 e. The van der Waals surface area contributed by atoms with E-state index in [1.807, 2.05) is 36.5 Å². The first-order chi connectivity index (χ1) is 12.1. The van der Waals surface area contributed by atoms with Gasteiger partial charge in [-0.3, -0.25) is 4.79 Å². The number of primary amides is 1. The fourth-order valence-corrected chi connectivity index (χ4v) is 3.40. The lowest BCUT2D eigenvalue weighted by Crippen LogP contribution is -2.36. The second kappa shape index (κ2) is 6.29. The summed E-state index contributed by atoms with van der Waals surface area (Å²) in [6.07, 6.45) is 1.60. The Labute approximate surface area is 144 Å². The number of benzene rings is 2. The van der Waals surface area contributed by atoms with Crippen LogP contribution < -0.4 is 11.1 Å². The van der Waals surface area contributed by atoms with Crippen molar-refractivity contribution in [2.45, 2.75) is 18.5 Å². The number of nitrogens with zero attached hydrogens (tertiary/aromatic N) is 2. The molecule has 1 aromatic heterocycles. The number of aromatic nitrogens is 2. The van der Waals surface area contributed by atoms with E-state index in [0.717, 1.165) is 23.2 Å². The van der Waals surface area contributed by atoms with Crippen molar-refractivity contribution in [3.63, 3.8) is 0 Å². The van der Waals surface area contributed by atoms with Gasteiger partial charge in [-0.05, 0) is 36.7 Å². The second-order valence-electron chi connectivity index (χ2n) is 6.39. The van der Waals surface area contributed by atoms with E-state index in [4.69, 9.17) is 5.73 Å². The summed E-state index contributed by atoms with van der Waals surface area (Å²) in [5.41, 5.74) is 8.24. The second-order valence-corrected chi connectivity index (χ2v) is 6.39. The first-order valence-corrected chi connectivity index (χ1v) is 8.37. The molecule has 0 saturated carbocycles. The molecule has 0 aliphatic carbocycles. The average molecular weight is 338 g/mol. The summed E-state index contributed by atoms with van der Waals surface area (Å²) >= 11 is 0. The molecule has 1 saturated heterocycles. The standard InChI is InChI=1S/C19H19FN4O/c20-17-8-9-22-10-16(17)12-4-6-14(7-5-12)24-11-13-2-1-3-15(19(21)25)18(13)23-24/h1-7,11,16-17,22H,8-10H2,(H2,21,25)/t16-,17-/m1/s1. The number of rotatable bonds is 3. The molecule has 6 heteroatoms. The first kappa shape index (κ1) is 15.8. The van der Waals surface area contributed by atoms with Gasteiger partial charge < -0.3 is 11.1 Å². The number of carbonyl (C=O) groups excluding carboxylic acids is 1. The SMILES string of the molecule is NC(=O)c1cccc2cn(-c3ccc([C@H]4CNCC[C@H]4F)cc3)nc12. The number of hydrogen-bond donors (Lipinski definition) is 2. The summed E-state index contributed by atoms with van der Waals surface area (Å²) in [7, 11) is 0. The first-order valence-electron chi connectivity index (χ1n) is 8.37. The maximum atomic E-state index is 14.1. The predicted molar refractivity (Wildman–Crippen MR) is 94.7 cm³/mol. The van der Waals surface area contributed by atoms with Gasteiger partial charge >= 0.3 is 0 Å². The molecule has 0 unspecified atom stereocenters. The number of alkyl halides is 1. The number of fused-ring (bicyclic) bond motifs is 1. The zero-order valence-corrected chi connectivity index (χ0v) is 13.7. The van der Waals surface area contributed by atoms with Crippen LogP contribution in [0.1, 0.15) is 28.3 Å². The van der Waals surface area contributed by atoms with Crippen molar-refractivity contribution in [1.82, 2.24) is 15.1 Å². The van der Waals surface area contributed by atoms with Crippen molar-refractivity contribution in [3.05, 3.63) is 59.8 Å². The van der Waals surface area contributed by atoms with Gasteiger partial charge in [0.25, 0.3) is 5.91 Å². The van der Waals surface area contributed by atoms with Gasteiger partial charge in [-0.2, -0.15) is 5.10 Å². The molecule has 3 aromatic rings. The molecule has 1 aliphatic rings. The molecule has 3 N–H and O–H groups in total. The van der Waals surface area contributed by atoms with Crippen LogP contribution in [-0.2, 0) is 0 Å². The quantitative estimate of drug-likeness (QED) is 0.771. The number of halogens is 1. The van der Waals surface area contributed by atoms with E-state index >= 15 is 0 Å². The van der Waals surface area contributed by atoms with Gasteiger partial charge in [-0.1, -0.05) is 24.3 Å². The number of amides is 1. The zero-order chi connectivity index (χ0) is 17.4. The lowest BCUT2D eigenvalue weighted by molar-refractivity contribution is 0.100. The van der Waals surface area contributed by atoms with Crippen molar-refractivity contribution in [2.75, 3.05) is 13.1 Å². The summed E-state index contributed by atoms with van der Waals surface area (Å²) in [6.45, 7) is 1.39.